The molecule has 4 aliphatic rings. The van der Waals surface area contributed by atoms with Gasteiger partial charge in [-0.25, -0.2) is 9.57 Å². The lowest BCUT2D eigenvalue weighted by Gasteiger charge is -2.44. The molecule has 13 nitrogen and oxygen atoms in total. The fourth-order valence-corrected chi connectivity index (χ4v) is 5.28. The zero-order valence-electron chi connectivity index (χ0n) is 18.5. The molecule has 0 aromatic heterocycles. The van der Waals surface area contributed by atoms with E-state index < -0.39 is 35.5 Å². The molecule has 0 aliphatic carbocycles. The molecule has 3 amide bonds. The maximum Gasteiger partial charge on any atom is 0.346 e. The van der Waals surface area contributed by atoms with Crippen molar-refractivity contribution >= 4 is 29.6 Å². The Morgan fingerprint density at radius 3 is 2.53 bits per heavy atom. The van der Waals surface area contributed by atoms with Crippen LogP contribution >= 0.6 is 0 Å². The molecular weight excluding hydrogens is 444 g/mol. The summed E-state index contributed by atoms with van der Waals surface area (Å²) in [6.07, 6.45) is 0.237. The first kappa shape index (κ1) is 22.1. The quantitative estimate of drug-likeness (QED) is 0.131. The summed E-state index contributed by atoms with van der Waals surface area (Å²) in [4.78, 5) is 42.7. The fraction of sp³-hybridized carbons (Fsp3) is 0.476. The molecule has 5 rings (SSSR count). The molecule has 34 heavy (non-hydrogen) atoms. The molecule has 180 valence electrons. The van der Waals surface area contributed by atoms with Crippen LogP contribution in [0.1, 0.15) is 28.8 Å². The van der Waals surface area contributed by atoms with Crippen LogP contribution in [0.15, 0.2) is 29.3 Å². The highest BCUT2D eigenvalue weighted by atomic mass is 16.5. The van der Waals surface area contributed by atoms with Crippen LogP contribution in [0.25, 0.3) is 0 Å². The van der Waals surface area contributed by atoms with Crippen LogP contribution in [-0.2, 0) is 9.59 Å². The Hall–Kier alpha value is -3.71. The molecule has 4 atom stereocenters. The zero-order valence-corrected chi connectivity index (χ0v) is 18.5. The number of hydrogen-bond donors (Lipinski definition) is 7. The highest BCUT2D eigenvalue weighted by molar-refractivity contribution is 6.02. The van der Waals surface area contributed by atoms with E-state index in [0.29, 0.717) is 5.56 Å². The summed E-state index contributed by atoms with van der Waals surface area (Å²) in [6, 6.07) is 3.97. The van der Waals surface area contributed by atoms with Gasteiger partial charge >= 0.3 is 5.96 Å². The SMILES string of the molecule is Cc1ccc(C(=O)NC2C[N+]3=C(N)N[C@@H](CN4C(=O)CCC4=O)[C@@H]4N=C(N)N[C@@]43C2(O)O)cc1. The van der Waals surface area contributed by atoms with Crippen LogP contribution in [0.4, 0.5) is 0 Å². The lowest BCUT2D eigenvalue weighted by Crippen LogP contribution is -2.79. The van der Waals surface area contributed by atoms with Crippen molar-refractivity contribution in [2.75, 3.05) is 13.1 Å². The van der Waals surface area contributed by atoms with E-state index in [4.69, 9.17) is 11.5 Å². The van der Waals surface area contributed by atoms with Crippen molar-refractivity contribution in [2.45, 2.75) is 49.3 Å². The van der Waals surface area contributed by atoms with Gasteiger partial charge in [0.15, 0.2) is 5.96 Å². The average molecular weight is 471 g/mol. The number of aliphatic hydroxyl groups is 2. The van der Waals surface area contributed by atoms with E-state index in [0.717, 1.165) is 10.5 Å². The number of guanidine groups is 2. The first-order chi connectivity index (χ1) is 16.0. The minimum atomic E-state index is -2.58. The molecule has 2 saturated heterocycles. The van der Waals surface area contributed by atoms with E-state index in [1.54, 1.807) is 24.3 Å². The Bertz CT molecular complexity index is 1130. The van der Waals surface area contributed by atoms with E-state index in [-0.39, 0.29) is 49.7 Å². The number of likely N-dealkylation sites (tertiary alicyclic amines) is 1. The van der Waals surface area contributed by atoms with Crippen LogP contribution < -0.4 is 27.4 Å². The second-order valence-electron chi connectivity index (χ2n) is 9.11. The minimum absolute atomic E-state index is 0.0615. The number of benzene rings is 1. The number of carbonyl (C=O) groups is 3. The van der Waals surface area contributed by atoms with Gasteiger partial charge in [-0.3, -0.25) is 30.3 Å². The van der Waals surface area contributed by atoms with Gasteiger partial charge in [-0.2, -0.15) is 0 Å². The summed E-state index contributed by atoms with van der Waals surface area (Å²) in [7, 11) is 0. The van der Waals surface area contributed by atoms with E-state index in [9.17, 15) is 24.6 Å². The first-order valence-electron chi connectivity index (χ1n) is 11.0. The van der Waals surface area contributed by atoms with Crippen molar-refractivity contribution in [3.63, 3.8) is 0 Å². The van der Waals surface area contributed by atoms with Crippen LogP contribution in [0.5, 0.6) is 0 Å². The molecule has 4 aliphatic heterocycles. The molecule has 1 spiro atoms. The zero-order chi connectivity index (χ0) is 24.4. The Morgan fingerprint density at radius 2 is 1.88 bits per heavy atom. The van der Waals surface area contributed by atoms with Crippen molar-refractivity contribution in [2.24, 2.45) is 16.5 Å². The second-order valence-corrected chi connectivity index (χ2v) is 9.11. The predicted octanol–water partition coefficient (Wildman–Crippen LogP) is -3.78. The fourth-order valence-electron chi connectivity index (χ4n) is 5.28. The molecule has 1 aromatic carbocycles. The highest BCUT2D eigenvalue weighted by Crippen LogP contribution is 2.41. The van der Waals surface area contributed by atoms with E-state index >= 15 is 0 Å². The van der Waals surface area contributed by atoms with Crippen LogP contribution in [0, 0.1) is 6.92 Å². The van der Waals surface area contributed by atoms with E-state index in [2.05, 4.69) is 20.9 Å². The van der Waals surface area contributed by atoms with Crippen molar-refractivity contribution in [3.05, 3.63) is 35.4 Å². The van der Waals surface area contributed by atoms with Gasteiger partial charge in [0.1, 0.15) is 18.1 Å². The number of carbonyl (C=O) groups excluding carboxylic acids is 3. The van der Waals surface area contributed by atoms with Gasteiger partial charge in [0.2, 0.25) is 23.3 Å². The van der Waals surface area contributed by atoms with Gasteiger partial charge in [-0.05, 0) is 19.1 Å². The molecule has 1 aromatic rings. The van der Waals surface area contributed by atoms with Gasteiger partial charge in [0.05, 0.1) is 13.1 Å². The summed E-state index contributed by atoms with van der Waals surface area (Å²) >= 11 is 0. The first-order valence-corrected chi connectivity index (χ1v) is 11.0. The van der Waals surface area contributed by atoms with Crippen LogP contribution in [0.3, 0.4) is 0 Å². The summed E-state index contributed by atoms with van der Waals surface area (Å²) in [6.45, 7) is 1.75. The molecule has 0 radical (unpaired) electrons. The monoisotopic (exact) mass is 471 g/mol. The third-order valence-corrected chi connectivity index (χ3v) is 7.02. The molecule has 2 fully saturated rings. The number of nitrogens with one attached hydrogen (secondary N) is 3. The number of hydrogen-bond acceptors (Lipinski definition) is 10. The number of aryl methyl sites for hydroxylation is 1. The highest BCUT2D eigenvalue weighted by Gasteiger charge is 2.75. The van der Waals surface area contributed by atoms with Crippen LogP contribution in [0.2, 0.25) is 0 Å². The van der Waals surface area contributed by atoms with Gasteiger partial charge in [0.25, 0.3) is 5.91 Å². The predicted molar refractivity (Wildman–Crippen MR) is 118 cm³/mol. The second kappa shape index (κ2) is 7.40. The third kappa shape index (κ3) is 3.04. The van der Waals surface area contributed by atoms with Gasteiger partial charge in [-0.15, -0.1) is 0 Å². The van der Waals surface area contributed by atoms with E-state index in [1.807, 2.05) is 6.92 Å². The summed E-state index contributed by atoms with van der Waals surface area (Å²) in [5.74, 6) is -3.70. The van der Waals surface area contributed by atoms with Gasteiger partial charge in [0, 0.05) is 18.4 Å². The Morgan fingerprint density at radius 1 is 1.24 bits per heavy atom. The molecule has 4 heterocycles. The van der Waals surface area contributed by atoms with Crippen LogP contribution in [-0.4, -0.2) is 92.0 Å². The number of nitrogens with two attached hydrogens (primary N) is 2. The Kier molecular flexibility index (Phi) is 4.81. The standard InChI is InChI=1S/C21H26N8O5/c1-10-2-4-11(5-3-10)17(32)25-13-9-29-19(23)24-12(8-28-14(30)6-7-15(28)31)16-20(29,21(13,33)34)27-18(22)26-16/h2-5,12-13,16,33-34H,6-9H2,1H3,(H6,22,23,24,25,26,27,32)/p+1/t12-,13?,16-,20-/m0/s1. The topological polar surface area (TPSA) is 198 Å². The number of imide groups is 1. The largest absolute Gasteiger partial charge is 0.370 e. The number of nitrogens with zero attached hydrogens (tertiary/aromatic N) is 3. The molecular formula is C21H27N8O5+. The summed E-state index contributed by atoms with van der Waals surface area (Å²) in [5, 5.41) is 31.4. The Balaban J connectivity index is 1.47. The normalized spacial score (nSPS) is 31.6. The average Bonchev–Trinajstić information content (AvgIpc) is 3.37. The molecule has 0 saturated carbocycles. The number of aliphatic imine (C=N–C) groups is 1. The van der Waals surface area contributed by atoms with Crippen molar-refractivity contribution in [3.8, 4) is 0 Å². The summed E-state index contributed by atoms with van der Waals surface area (Å²) < 4.78 is 1.46. The Labute approximate surface area is 194 Å². The molecule has 9 N–H and O–H groups in total. The van der Waals surface area contributed by atoms with E-state index in [1.165, 1.54) is 4.58 Å². The molecule has 0 bridgehead atoms. The number of rotatable bonds is 4. The third-order valence-electron chi connectivity index (χ3n) is 7.02. The molecule has 13 heteroatoms. The lowest BCUT2D eigenvalue weighted by atomic mass is 9.85. The van der Waals surface area contributed by atoms with Crippen molar-refractivity contribution in [1.29, 1.82) is 0 Å². The lowest BCUT2D eigenvalue weighted by molar-refractivity contribution is -0.623. The van der Waals surface area contributed by atoms with Gasteiger partial charge < -0.3 is 26.6 Å². The maximum atomic E-state index is 12.8. The smallest absolute Gasteiger partial charge is 0.346 e. The molecule has 1 unspecified atom stereocenters. The maximum absolute atomic E-state index is 12.8. The van der Waals surface area contributed by atoms with Crippen molar-refractivity contribution < 1.29 is 29.2 Å². The minimum Gasteiger partial charge on any atom is -0.370 e. The number of amides is 3. The van der Waals surface area contributed by atoms with Gasteiger partial charge in [-0.1, -0.05) is 17.7 Å². The van der Waals surface area contributed by atoms with Crippen molar-refractivity contribution in [1.82, 2.24) is 20.9 Å². The summed E-state index contributed by atoms with van der Waals surface area (Å²) in [5.41, 5.74) is 11.8.